The van der Waals surface area contributed by atoms with Crippen LogP contribution >= 0.6 is 11.6 Å². The van der Waals surface area contributed by atoms with Crippen LogP contribution in [-0.2, 0) is 12.8 Å². The molecule has 0 amide bonds. The van der Waals surface area contributed by atoms with Crippen molar-refractivity contribution in [2.24, 2.45) is 5.84 Å². The molecule has 1 heterocycles. The van der Waals surface area contributed by atoms with Crippen LogP contribution in [0.2, 0.25) is 5.02 Å². The van der Waals surface area contributed by atoms with E-state index >= 15 is 0 Å². The Morgan fingerprint density at radius 3 is 2.94 bits per heavy atom. The molecule has 0 bridgehead atoms. The summed E-state index contributed by atoms with van der Waals surface area (Å²) in [5.41, 5.74) is 5.77. The number of nitrogen functional groups attached to an aromatic ring is 1. The van der Waals surface area contributed by atoms with Gasteiger partial charge in [-0.1, -0.05) is 11.6 Å². The maximum atomic E-state index is 13.8. The quantitative estimate of drug-likeness (QED) is 0.605. The molecule has 0 saturated carbocycles. The maximum Gasteiger partial charge on any atom is 0.150 e. The lowest BCUT2D eigenvalue weighted by Gasteiger charge is -2.12. The van der Waals surface area contributed by atoms with Crippen LogP contribution in [0.25, 0.3) is 10.9 Å². The number of hydrazine groups is 1. The molecule has 1 aliphatic rings. The number of fused-ring (bicyclic) bond motifs is 2. The van der Waals surface area contributed by atoms with Gasteiger partial charge in [0, 0.05) is 16.1 Å². The first-order chi connectivity index (χ1) is 8.20. The zero-order valence-electron chi connectivity index (χ0n) is 9.06. The number of nitrogens with two attached hydrogens (primary N) is 1. The molecule has 0 aliphatic heterocycles. The number of nitrogens with one attached hydrogen (secondary N) is 1. The van der Waals surface area contributed by atoms with Gasteiger partial charge in [-0.2, -0.15) is 0 Å². The highest BCUT2D eigenvalue weighted by atomic mass is 35.5. The molecular weight excluding hydrogens is 241 g/mol. The third kappa shape index (κ3) is 1.56. The fourth-order valence-corrected chi connectivity index (χ4v) is 2.66. The van der Waals surface area contributed by atoms with Gasteiger partial charge < -0.3 is 5.43 Å². The minimum Gasteiger partial charge on any atom is -0.323 e. The molecule has 17 heavy (non-hydrogen) atoms. The number of benzene rings is 1. The van der Waals surface area contributed by atoms with E-state index in [-0.39, 0.29) is 0 Å². The molecule has 1 aliphatic carbocycles. The smallest absolute Gasteiger partial charge is 0.150 e. The second-order valence-electron chi connectivity index (χ2n) is 4.19. The van der Waals surface area contributed by atoms with Gasteiger partial charge in [0.25, 0.3) is 0 Å². The second-order valence-corrected chi connectivity index (χ2v) is 4.63. The summed E-state index contributed by atoms with van der Waals surface area (Å²) in [4.78, 5) is 4.38. The number of anilines is 1. The number of aromatic nitrogens is 1. The van der Waals surface area contributed by atoms with E-state index in [1.54, 1.807) is 6.07 Å². The number of hydrogen-bond donors (Lipinski definition) is 2. The third-order valence-electron chi connectivity index (χ3n) is 3.18. The van der Waals surface area contributed by atoms with E-state index in [1.165, 1.54) is 6.07 Å². The summed E-state index contributed by atoms with van der Waals surface area (Å²) in [6.45, 7) is 0. The Balaban J connectivity index is 2.45. The number of hydrogen-bond acceptors (Lipinski definition) is 3. The molecule has 2 aromatic rings. The molecule has 0 saturated heterocycles. The first kappa shape index (κ1) is 10.7. The van der Waals surface area contributed by atoms with Crippen molar-refractivity contribution < 1.29 is 4.39 Å². The first-order valence-electron chi connectivity index (χ1n) is 5.48. The summed E-state index contributed by atoms with van der Waals surface area (Å²) < 4.78 is 13.8. The molecule has 1 aromatic carbocycles. The number of pyridine rings is 1. The lowest BCUT2D eigenvalue weighted by molar-refractivity contribution is 0.636. The number of rotatable bonds is 1. The summed E-state index contributed by atoms with van der Waals surface area (Å²) in [6, 6.07) is 2.97. The van der Waals surface area contributed by atoms with Crippen LogP contribution < -0.4 is 11.3 Å². The minimum atomic E-state index is -0.404. The Morgan fingerprint density at radius 2 is 2.18 bits per heavy atom. The van der Waals surface area contributed by atoms with Crippen molar-refractivity contribution in [3.05, 3.63) is 34.2 Å². The fraction of sp³-hybridized carbons (Fsp3) is 0.250. The van der Waals surface area contributed by atoms with Crippen molar-refractivity contribution in [1.82, 2.24) is 4.98 Å². The lowest BCUT2D eigenvalue weighted by atomic mass is 10.1. The highest BCUT2D eigenvalue weighted by Gasteiger charge is 2.20. The molecule has 0 fully saturated rings. The normalized spacial score (nSPS) is 14.1. The molecule has 3 nitrogen and oxygen atoms in total. The topological polar surface area (TPSA) is 50.9 Å². The largest absolute Gasteiger partial charge is 0.323 e. The first-order valence-corrected chi connectivity index (χ1v) is 5.85. The Kier molecular flexibility index (Phi) is 2.42. The van der Waals surface area contributed by atoms with Crippen molar-refractivity contribution in [2.75, 3.05) is 5.43 Å². The molecule has 3 N–H and O–H groups in total. The minimum absolute atomic E-state index is 0.336. The van der Waals surface area contributed by atoms with Crippen molar-refractivity contribution in [1.29, 1.82) is 0 Å². The molecule has 88 valence electrons. The van der Waals surface area contributed by atoms with Crippen LogP contribution in [0.4, 0.5) is 10.1 Å². The van der Waals surface area contributed by atoms with E-state index in [9.17, 15) is 4.39 Å². The fourth-order valence-electron chi connectivity index (χ4n) is 2.45. The predicted octanol–water partition coefficient (Wildman–Crippen LogP) is 2.80. The van der Waals surface area contributed by atoms with Gasteiger partial charge in [0.2, 0.25) is 0 Å². The van der Waals surface area contributed by atoms with E-state index in [4.69, 9.17) is 17.4 Å². The SMILES string of the molecule is NNc1c2c(nc3c(F)cc(Cl)cc13)CCC2. The second kappa shape index (κ2) is 3.82. The van der Waals surface area contributed by atoms with Gasteiger partial charge in [0.1, 0.15) is 5.52 Å². The highest BCUT2D eigenvalue weighted by molar-refractivity contribution is 6.31. The summed E-state index contributed by atoms with van der Waals surface area (Å²) in [5.74, 6) is 5.14. The van der Waals surface area contributed by atoms with Gasteiger partial charge in [-0.3, -0.25) is 5.84 Å². The molecule has 0 atom stereocenters. The van der Waals surface area contributed by atoms with Gasteiger partial charge in [-0.05, 0) is 37.0 Å². The van der Waals surface area contributed by atoms with Gasteiger partial charge in [-0.25, -0.2) is 9.37 Å². The molecule has 0 unspecified atom stereocenters. The maximum absolute atomic E-state index is 13.8. The van der Waals surface area contributed by atoms with E-state index < -0.39 is 5.82 Å². The Labute approximate surface area is 103 Å². The summed E-state index contributed by atoms with van der Waals surface area (Å²) in [7, 11) is 0. The molecule has 3 rings (SSSR count). The van der Waals surface area contributed by atoms with Gasteiger partial charge in [0.15, 0.2) is 5.82 Å². The summed E-state index contributed by atoms with van der Waals surface area (Å²) >= 11 is 5.87. The molecular formula is C12H11ClFN3. The van der Waals surface area contributed by atoms with E-state index in [1.807, 2.05) is 0 Å². The van der Waals surface area contributed by atoms with Crippen LogP contribution in [0.3, 0.4) is 0 Å². The van der Waals surface area contributed by atoms with Gasteiger partial charge in [0.05, 0.1) is 5.69 Å². The van der Waals surface area contributed by atoms with Crippen molar-refractivity contribution >= 4 is 28.2 Å². The summed E-state index contributed by atoms with van der Waals surface area (Å²) in [5, 5.41) is 1.00. The van der Waals surface area contributed by atoms with Crippen LogP contribution in [0.5, 0.6) is 0 Å². The van der Waals surface area contributed by atoms with E-state index in [2.05, 4.69) is 10.4 Å². The van der Waals surface area contributed by atoms with Crippen molar-refractivity contribution in [3.8, 4) is 0 Å². The Hall–Kier alpha value is -1.39. The zero-order chi connectivity index (χ0) is 12.0. The average Bonchev–Trinajstić information content (AvgIpc) is 2.74. The van der Waals surface area contributed by atoms with Gasteiger partial charge >= 0.3 is 0 Å². The average molecular weight is 252 g/mol. The van der Waals surface area contributed by atoms with Crippen molar-refractivity contribution in [2.45, 2.75) is 19.3 Å². The number of nitrogens with zero attached hydrogens (tertiary/aromatic N) is 1. The monoisotopic (exact) mass is 251 g/mol. The van der Waals surface area contributed by atoms with Crippen LogP contribution in [0, 0.1) is 5.82 Å². The van der Waals surface area contributed by atoms with Crippen LogP contribution in [0.15, 0.2) is 12.1 Å². The lowest BCUT2D eigenvalue weighted by Crippen LogP contribution is -2.11. The molecule has 1 aromatic heterocycles. The molecule has 5 heteroatoms. The van der Waals surface area contributed by atoms with Gasteiger partial charge in [-0.15, -0.1) is 0 Å². The predicted molar refractivity (Wildman–Crippen MR) is 66.5 cm³/mol. The molecule has 0 spiro atoms. The van der Waals surface area contributed by atoms with E-state index in [0.717, 1.165) is 36.2 Å². The highest BCUT2D eigenvalue weighted by Crippen LogP contribution is 2.35. The summed E-state index contributed by atoms with van der Waals surface area (Å²) in [6.07, 6.45) is 2.83. The third-order valence-corrected chi connectivity index (χ3v) is 3.40. The Bertz CT molecular complexity index is 612. The molecule has 0 radical (unpaired) electrons. The number of halogens is 2. The van der Waals surface area contributed by atoms with Crippen LogP contribution in [-0.4, -0.2) is 4.98 Å². The van der Waals surface area contributed by atoms with E-state index in [0.29, 0.717) is 15.9 Å². The van der Waals surface area contributed by atoms with Crippen molar-refractivity contribution in [3.63, 3.8) is 0 Å². The zero-order valence-corrected chi connectivity index (χ0v) is 9.81. The standard InChI is InChI=1S/C12H11ClFN3/c13-6-4-8-11(17-15)7-2-1-3-10(7)16-12(8)9(14)5-6/h4-5H,1-3,15H2,(H,16,17). The van der Waals surface area contributed by atoms with Crippen LogP contribution in [0.1, 0.15) is 17.7 Å². The Morgan fingerprint density at radius 1 is 1.35 bits per heavy atom. The number of aryl methyl sites for hydroxylation is 1.